The number of amides is 5. The minimum atomic E-state index is -6.17. The molecule has 2 unspecified atom stereocenters. The summed E-state index contributed by atoms with van der Waals surface area (Å²) in [4.78, 5) is 83.3. The van der Waals surface area contributed by atoms with E-state index in [1.165, 1.54) is 45.5 Å². The highest BCUT2D eigenvalue weighted by atomic mass is 35.5. The van der Waals surface area contributed by atoms with E-state index in [9.17, 15) is 59.1 Å². The average molecular weight is 1570 g/mol. The zero-order valence-electron chi connectivity index (χ0n) is 61.9. The fourth-order valence-corrected chi connectivity index (χ4v) is 19.5. The summed E-state index contributed by atoms with van der Waals surface area (Å²) in [5, 5.41) is 20.5. The van der Waals surface area contributed by atoms with Gasteiger partial charge in [0.05, 0.1) is 38.8 Å². The highest BCUT2D eigenvalue weighted by Gasteiger charge is 2.50. The summed E-state index contributed by atoms with van der Waals surface area (Å²) in [7, 11) is -11.1. The lowest BCUT2D eigenvalue weighted by atomic mass is 9.73. The Morgan fingerprint density at radius 3 is 2.14 bits per heavy atom. The summed E-state index contributed by atoms with van der Waals surface area (Å²) in [6.45, 7) is 20.6. The van der Waals surface area contributed by atoms with Crippen LogP contribution in [0.25, 0.3) is 16.0 Å². The van der Waals surface area contributed by atoms with Crippen LogP contribution in [0.5, 0.6) is 0 Å². The van der Waals surface area contributed by atoms with Crippen molar-refractivity contribution >= 4 is 101 Å². The summed E-state index contributed by atoms with van der Waals surface area (Å²) in [6, 6.07) is 21.8. The SMILES string of the molecule is Cc1ncsc1-c1ccc([C@H](C)NC(=O)[C@@H]2C[C@@H](O)CN2C(=O)[C@@H](NC(=O)CCCCCC(=O)N2CC3CN(CC[C@H](CSC4=CCCC=C4)Nc4ccc(S(=O)(=O)NC(=O)c5ccc(N6CCN(CC7=C(c8ccc(Cl)cc8)CCC(C)(C)C7)CC6)cc5)cc4S(=O)(=O)C(F)(F)F)CC3C2)C(C)(C)C)cc1. The topological polar surface area (TPSA) is 251 Å². The van der Waals surface area contributed by atoms with Crippen LogP contribution in [0.2, 0.25) is 5.02 Å². The Bertz CT molecular complexity index is 4360. The Balaban J connectivity index is 0.642. The first kappa shape index (κ1) is 80.9. The number of unbranched alkanes of at least 4 members (excludes halogenated alkanes) is 2. The molecule has 2 aliphatic carbocycles. The molecule has 28 heteroatoms. The number of allylic oxidation sites excluding steroid dienone is 4. The van der Waals surface area contributed by atoms with E-state index in [2.05, 4.69) is 67.7 Å². The lowest BCUT2D eigenvalue weighted by molar-refractivity contribution is -0.144. The third-order valence-corrected chi connectivity index (χ3v) is 26.9. The van der Waals surface area contributed by atoms with E-state index >= 15 is 0 Å². The molecule has 20 nitrogen and oxygen atoms in total. The van der Waals surface area contributed by atoms with Crippen molar-refractivity contribution in [3.8, 4) is 10.4 Å². The second-order valence-corrected chi connectivity index (χ2v) is 37.3. The molecule has 6 aliphatic rings. The highest BCUT2D eigenvalue weighted by molar-refractivity contribution is 8.03. The van der Waals surface area contributed by atoms with Crippen LogP contribution in [0.1, 0.15) is 152 Å². The number of sulfone groups is 1. The Kier molecular flexibility index (Phi) is 26.0. The monoisotopic (exact) mass is 1570 g/mol. The van der Waals surface area contributed by atoms with E-state index in [4.69, 9.17) is 11.6 Å². The summed E-state index contributed by atoms with van der Waals surface area (Å²) in [5.41, 5.74) is 2.63. The molecule has 1 aromatic heterocycles. The fourth-order valence-electron chi connectivity index (χ4n) is 15.5. The first-order chi connectivity index (χ1) is 50.7. The molecule has 4 fully saturated rings. The molecule has 0 saturated carbocycles. The Morgan fingerprint density at radius 2 is 1.50 bits per heavy atom. The van der Waals surface area contributed by atoms with Gasteiger partial charge in [0.25, 0.3) is 25.8 Å². The third-order valence-electron chi connectivity index (χ3n) is 21.6. The number of likely N-dealkylation sites (tertiary alicyclic amines) is 3. The van der Waals surface area contributed by atoms with Crippen LogP contribution < -0.4 is 25.6 Å². The van der Waals surface area contributed by atoms with Gasteiger partial charge >= 0.3 is 5.51 Å². The number of nitrogens with one attached hydrogen (secondary N) is 4. The lowest BCUT2D eigenvalue weighted by Gasteiger charge is -2.39. The van der Waals surface area contributed by atoms with Crippen LogP contribution in [-0.4, -0.2) is 184 Å². The number of alkyl halides is 3. The molecule has 5 heterocycles. The lowest BCUT2D eigenvalue weighted by Crippen LogP contribution is -2.57. The van der Waals surface area contributed by atoms with Crippen molar-refractivity contribution in [1.29, 1.82) is 0 Å². The maximum absolute atomic E-state index is 14.6. The van der Waals surface area contributed by atoms with Crippen LogP contribution in [0.15, 0.2) is 135 Å². The van der Waals surface area contributed by atoms with Crippen LogP contribution in [0.3, 0.4) is 0 Å². The van der Waals surface area contributed by atoms with Gasteiger partial charge in [0.2, 0.25) is 23.6 Å². The molecule has 4 aliphatic heterocycles. The van der Waals surface area contributed by atoms with Gasteiger partial charge in [-0.15, -0.1) is 23.1 Å². The quantitative estimate of drug-likeness (QED) is 0.0292. The molecular formula is C79H100ClF3N10O10S4. The molecule has 107 heavy (non-hydrogen) atoms. The summed E-state index contributed by atoms with van der Waals surface area (Å²) >= 11 is 9.25. The van der Waals surface area contributed by atoms with Crippen molar-refractivity contribution in [3.05, 3.63) is 153 Å². The predicted molar refractivity (Wildman–Crippen MR) is 416 cm³/mol. The van der Waals surface area contributed by atoms with E-state index < -0.39 is 94.3 Å². The number of benzene rings is 4. The van der Waals surface area contributed by atoms with Gasteiger partial charge in [0.15, 0.2) is 0 Å². The number of anilines is 2. The number of sulfonamides is 1. The number of aryl methyl sites for hydroxylation is 1. The number of carbonyl (C=O) groups is 5. The van der Waals surface area contributed by atoms with Gasteiger partial charge < -0.3 is 40.7 Å². The number of hydrogen-bond acceptors (Lipinski definition) is 17. The molecule has 4 aromatic carbocycles. The zero-order chi connectivity index (χ0) is 76.8. The smallest absolute Gasteiger partial charge is 0.391 e. The highest BCUT2D eigenvalue weighted by Crippen LogP contribution is 2.44. The maximum Gasteiger partial charge on any atom is 0.501 e. The van der Waals surface area contributed by atoms with Crippen molar-refractivity contribution in [2.45, 2.75) is 171 Å². The standard InChI is InChI=1S/C79H100ClF3N10O10S4/c1-51(53-18-20-55(21-19-53)72-52(2)84-50-105-72)85-75(98)68-40-63(94)48-93(68)76(99)73(77(3,4)5)87-70(95)16-12-9-13-17-71(96)92-46-58-44-90(45-59(58)47-92)35-33-61(49-104-64-14-10-8-11-15-64)86-67-31-30-65(41-69(67)106(100,101)79(81,82)83)107(102,103)88-74(97)56-24-28-62(29-25-56)91-38-36-89(37-39-91)43-57-42-78(6,7)34-32-66(57)54-22-26-60(80)27-23-54/h10,14-15,18-31,41,50-51,58-59,61,63,68,73,86,94H,8-9,11-13,16-17,32-40,42-49H2,1-7H3,(H,85,98)(H,87,95)(H,88,97)/t51-,58?,59?,61+,63+,68-,73+/m0/s1. The van der Waals surface area contributed by atoms with E-state index in [1.807, 2.05) is 92.8 Å². The van der Waals surface area contributed by atoms with Gasteiger partial charge in [-0.05, 0) is 165 Å². The number of aliphatic hydroxyl groups excluding tert-OH is 1. The number of aromatic nitrogens is 1. The number of carbonyl (C=O) groups excluding carboxylic acids is 5. The van der Waals surface area contributed by atoms with Crippen molar-refractivity contribution in [1.82, 2.24) is 39.9 Å². The molecule has 0 bridgehead atoms. The van der Waals surface area contributed by atoms with Crippen molar-refractivity contribution in [2.75, 3.05) is 88.0 Å². The van der Waals surface area contributed by atoms with E-state index in [0.29, 0.717) is 88.3 Å². The number of halogens is 4. The molecule has 5 N–H and O–H groups in total. The molecule has 5 amide bonds. The van der Waals surface area contributed by atoms with Gasteiger partial charge in [0.1, 0.15) is 17.0 Å². The minimum Gasteiger partial charge on any atom is -0.391 e. The maximum atomic E-state index is 14.6. The minimum absolute atomic E-state index is 0.0105. The first-order valence-corrected chi connectivity index (χ1v) is 42.3. The van der Waals surface area contributed by atoms with E-state index in [0.717, 1.165) is 96.2 Å². The van der Waals surface area contributed by atoms with Gasteiger partial charge in [-0.25, -0.2) is 26.5 Å². The number of hydrogen-bond donors (Lipinski definition) is 5. The zero-order valence-corrected chi connectivity index (χ0v) is 66.0. The molecule has 5 aromatic rings. The summed E-state index contributed by atoms with van der Waals surface area (Å²) in [6.07, 6.45) is 12.3. The Labute approximate surface area is 640 Å². The summed E-state index contributed by atoms with van der Waals surface area (Å²) in [5.74, 6) is -1.58. The molecular weight excluding hydrogens is 1470 g/mol. The van der Waals surface area contributed by atoms with Gasteiger partial charge in [-0.2, -0.15) is 13.2 Å². The number of thiazole rings is 1. The van der Waals surface area contributed by atoms with Gasteiger partial charge in [-0.1, -0.05) is 113 Å². The molecule has 0 spiro atoms. The molecule has 11 rings (SSSR count). The molecule has 7 atom stereocenters. The largest absolute Gasteiger partial charge is 0.501 e. The number of piperazine rings is 1. The number of aliphatic hydroxyl groups is 1. The van der Waals surface area contributed by atoms with Crippen LogP contribution in [-0.2, 0) is 39.0 Å². The Morgan fingerprint density at radius 1 is 0.813 bits per heavy atom. The molecule has 0 radical (unpaired) electrons. The van der Waals surface area contributed by atoms with Crippen molar-refractivity contribution in [3.63, 3.8) is 0 Å². The summed E-state index contributed by atoms with van der Waals surface area (Å²) < 4.78 is 101. The second kappa shape index (κ2) is 34.4. The number of β-amino-alcohol motifs (C(OH)–C–C–N with tert-alkyl or cyclic N) is 1. The van der Waals surface area contributed by atoms with E-state index in [-0.39, 0.29) is 60.4 Å². The van der Waals surface area contributed by atoms with Gasteiger partial charge in [0, 0.05) is 124 Å². The van der Waals surface area contributed by atoms with Crippen LogP contribution in [0.4, 0.5) is 24.5 Å². The molecule has 4 saturated heterocycles. The second-order valence-electron chi connectivity index (χ2n) is 31.3. The normalized spacial score (nSPS) is 21.0. The number of nitrogens with zero attached hydrogens (tertiary/aromatic N) is 6. The predicted octanol–water partition coefficient (Wildman–Crippen LogP) is 12.8. The number of thioether (sulfide) groups is 1. The third kappa shape index (κ3) is 20.5. The molecule has 578 valence electrons. The van der Waals surface area contributed by atoms with Gasteiger partial charge in [-0.3, -0.25) is 28.9 Å². The van der Waals surface area contributed by atoms with Crippen LogP contribution in [0, 0.1) is 29.6 Å². The average Bonchev–Trinajstić information content (AvgIpc) is 1.71. The fraction of sp³-hybridized carbons (Fsp3) is 0.519. The Hall–Kier alpha value is -7.11. The van der Waals surface area contributed by atoms with Crippen molar-refractivity contribution < 1.29 is 59.1 Å². The van der Waals surface area contributed by atoms with Crippen LogP contribution >= 0.6 is 34.7 Å². The first-order valence-electron chi connectivity index (χ1n) is 37.1. The van der Waals surface area contributed by atoms with E-state index in [1.54, 1.807) is 29.0 Å². The number of fused-ring (bicyclic) bond motifs is 1. The van der Waals surface area contributed by atoms with Crippen molar-refractivity contribution in [2.24, 2.45) is 22.7 Å². The number of rotatable bonds is 28.